The third-order valence-electron chi connectivity index (χ3n) is 3.73. The summed E-state index contributed by atoms with van der Waals surface area (Å²) in [4.78, 5) is 26.4. The summed E-state index contributed by atoms with van der Waals surface area (Å²) in [5.41, 5.74) is 1.26. The number of nitriles is 1. The quantitative estimate of drug-likeness (QED) is 0.699. The van der Waals surface area contributed by atoms with Gasteiger partial charge in [0.05, 0.1) is 18.2 Å². The van der Waals surface area contributed by atoms with E-state index < -0.39 is 17.6 Å². The third kappa shape index (κ3) is 4.49. The molecule has 142 valence electrons. The topological polar surface area (TPSA) is 101 Å². The first-order valence-corrected chi connectivity index (χ1v) is 8.96. The Balaban J connectivity index is 2.62. The number of hydrogen-bond donors (Lipinski definition) is 1. The van der Waals surface area contributed by atoms with Crippen LogP contribution < -0.4 is 15.0 Å². The van der Waals surface area contributed by atoms with Gasteiger partial charge in [0.2, 0.25) is 0 Å². The number of nitrogens with one attached hydrogen (secondary N) is 1. The van der Waals surface area contributed by atoms with Crippen LogP contribution in [0.1, 0.15) is 25.1 Å². The minimum absolute atomic E-state index is 0.00606. The monoisotopic (exact) mass is 434 g/mol. The van der Waals surface area contributed by atoms with Crippen molar-refractivity contribution < 1.29 is 19.0 Å². The lowest BCUT2D eigenvalue weighted by Crippen LogP contribution is -2.25. The van der Waals surface area contributed by atoms with Crippen LogP contribution in [0.5, 0.6) is 11.5 Å². The highest BCUT2D eigenvalue weighted by molar-refractivity contribution is 9.10. The van der Waals surface area contributed by atoms with Crippen LogP contribution in [-0.4, -0.2) is 30.8 Å². The van der Waals surface area contributed by atoms with Gasteiger partial charge in [-0.2, -0.15) is 5.26 Å². The Kier molecular flexibility index (Phi) is 6.64. The molecule has 8 heteroatoms. The predicted octanol–water partition coefficient (Wildman–Crippen LogP) is 3.32. The number of ether oxygens (including phenoxy) is 3. The zero-order valence-electron chi connectivity index (χ0n) is 15.4. The summed E-state index contributed by atoms with van der Waals surface area (Å²) in [5, 5.41) is 9.37. The van der Waals surface area contributed by atoms with E-state index in [4.69, 9.17) is 9.47 Å². The predicted molar refractivity (Wildman–Crippen MR) is 103 cm³/mol. The molecule has 0 saturated carbocycles. The van der Waals surface area contributed by atoms with Crippen LogP contribution >= 0.6 is 15.9 Å². The lowest BCUT2D eigenvalue weighted by molar-refractivity contribution is -0.147. The van der Waals surface area contributed by atoms with Crippen LogP contribution in [0.25, 0.3) is 11.1 Å². The van der Waals surface area contributed by atoms with Crippen molar-refractivity contribution in [3.05, 3.63) is 44.3 Å². The molecule has 0 fully saturated rings. The fraction of sp³-hybridized carbons (Fsp3) is 0.316. The molecule has 0 spiro atoms. The van der Waals surface area contributed by atoms with E-state index in [2.05, 4.69) is 25.7 Å². The van der Waals surface area contributed by atoms with Crippen molar-refractivity contribution >= 4 is 21.9 Å². The van der Waals surface area contributed by atoms with Gasteiger partial charge in [-0.1, -0.05) is 0 Å². The lowest BCUT2D eigenvalue weighted by atomic mass is 10.0. The molecule has 0 saturated heterocycles. The van der Waals surface area contributed by atoms with Crippen LogP contribution in [0.3, 0.4) is 0 Å². The van der Waals surface area contributed by atoms with Crippen molar-refractivity contribution in [1.82, 2.24) is 4.98 Å². The number of hydrogen-bond acceptors (Lipinski definition) is 6. The zero-order chi connectivity index (χ0) is 20.1. The molecule has 2 aromatic rings. The molecule has 1 atom stereocenters. The second-order valence-corrected chi connectivity index (χ2v) is 6.54. The van der Waals surface area contributed by atoms with E-state index in [-0.39, 0.29) is 5.56 Å². The van der Waals surface area contributed by atoms with Crippen LogP contribution in [0, 0.1) is 18.3 Å². The number of nitrogens with zero attached hydrogens (tertiary/aromatic N) is 1. The Hall–Kier alpha value is -2.79. The van der Waals surface area contributed by atoms with Gasteiger partial charge in [0, 0.05) is 11.3 Å². The molecule has 1 unspecified atom stereocenters. The number of aromatic amines is 1. The maximum Gasteiger partial charge on any atom is 0.346 e. The van der Waals surface area contributed by atoms with Gasteiger partial charge in [0.15, 0.2) is 17.6 Å². The number of halogens is 1. The van der Waals surface area contributed by atoms with Crippen LogP contribution in [0.15, 0.2) is 27.5 Å². The number of carbonyl (C=O) groups is 1. The lowest BCUT2D eigenvalue weighted by Gasteiger charge is -2.18. The van der Waals surface area contributed by atoms with Gasteiger partial charge in [-0.3, -0.25) is 4.79 Å². The molecule has 0 radical (unpaired) electrons. The van der Waals surface area contributed by atoms with Gasteiger partial charge in [-0.05, 0) is 60.5 Å². The number of H-pyrrole nitrogens is 1. The SMILES string of the molecule is CCOc1cc(-c2cc(C)[nH]c(=O)c2C#N)cc(Br)c1OC(C)C(=O)OC. The van der Waals surface area contributed by atoms with Crippen molar-refractivity contribution in [1.29, 1.82) is 5.26 Å². The fourth-order valence-electron chi connectivity index (χ4n) is 2.52. The highest BCUT2D eigenvalue weighted by atomic mass is 79.9. The average molecular weight is 435 g/mol. The molecule has 2 rings (SSSR count). The Morgan fingerprint density at radius 3 is 2.67 bits per heavy atom. The zero-order valence-corrected chi connectivity index (χ0v) is 17.0. The van der Waals surface area contributed by atoms with E-state index in [0.717, 1.165) is 0 Å². The molecule has 1 aromatic carbocycles. The fourth-order valence-corrected chi connectivity index (χ4v) is 3.05. The first kappa shape index (κ1) is 20.5. The van der Waals surface area contributed by atoms with Gasteiger partial charge < -0.3 is 19.2 Å². The number of aromatic nitrogens is 1. The van der Waals surface area contributed by atoms with Gasteiger partial charge in [-0.15, -0.1) is 0 Å². The van der Waals surface area contributed by atoms with Crippen molar-refractivity contribution in [3.8, 4) is 28.7 Å². The molecule has 0 aliphatic rings. The summed E-state index contributed by atoms with van der Waals surface area (Å²) in [6.07, 6.45) is -0.840. The van der Waals surface area contributed by atoms with E-state index in [1.807, 2.05) is 13.0 Å². The molecular formula is C19H19BrN2O5. The number of carbonyl (C=O) groups excluding carboxylic acids is 1. The van der Waals surface area contributed by atoms with Crippen LogP contribution in [-0.2, 0) is 9.53 Å². The molecule has 7 nitrogen and oxygen atoms in total. The highest BCUT2D eigenvalue weighted by Gasteiger charge is 2.21. The highest BCUT2D eigenvalue weighted by Crippen LogP contribution is 2.41. The summed E-state index contributed by atoms with van der Waals surface area (Å²) in [7, 11) is 1.28. The van der Waals surface area contributed by atoms with Crippen LogP contribution in [0.4, 0.5) is 0 Å². The first-order valence-electron chi connectivity index (χ1n) is 8.17. The smallest absolute Gasteiger partial charge is 0.346 e. The molecular weight excluding hydrogens is 416 g/mol. The van der Waals surface area contributed by atoms with E-state index in [9.17, 15) is 14.9 Å². The summed E-state index contributed by atoms with van der Waals surface area (Å²) >= 11 is 3.42. The number of methoxy groups -OCH3 is 1. The van der Waals surface area contributed by atoms with E-state index >= 15 is 0 Å². The third-order valence-corrected chi connectivity index (χ3v) is 4.32. The molecule has 1 aromatic heterocycles. The molecule has 0 amide bonds. The number of benzene rings is 1. The average Bonchev–Trinajstić information content (AvgIpc) is 2.62. The minimum Gasteiger partial charge on any atom is -0.490 e. The largest absolute Gasteiger partial charge is 0.490 e. The van der Waals surface area contributed by atoms with Crippen LogP contribution in [0.2, 0.25) is 0 Å². The Labute approximate surface area is 165 Å². The number of rotatable bonds is 6. The Bertz CT molecular complexity index is 962. The van der Waals surface area contributed by atoms with E-state index in [1.54, 1.807) is 32.0 Å². The molecule has 0 bridgehead atoms. The molecule has 0 aliphatic heterocycles. The van der Waals surface area contributed by atoms with Crippen molar-refractivity contribution in [2.24, 2.45) is 0 Å². The maximum absolute atomic E-state index is 12.1. The first-order chi connectivity index (χ1) is 12.8. The van der Waals surface area contributed by atoms with E-state index in [1.165, 1.54) is 7.11 Å². The van der Waals surface area contributed by atoms with Crippen molar-refractivity contribution in [2.45, 2.75) is 26.9 Å². The van der Waals surface area contributed by atoms with Gasteiger partial charge in [0.1, 0.15) is 11.6 Å². The minimum atomic E-state index is -0.840. The number of aryl methyl sites for hydroxylation is 1. The second kappa shape index (κ2) is 8.73. The molecule has 1 N–H and O–H groups in total. The standard InChI is InChI=1S/C19H19BrN2O5/c1-5-26-16-8-12(13-6-10(2)22-18(23)14(13)9-21)7-15(20)17(16)27-11(3)19(24)25-4/h6-8,11H,5H2,1-4H3,(H,22,23). The summed E-state index contributed by atoms with van der Waals surface area (Å²) in [6, 6.07) is 7.03. The van der Waals surface area contributed by atoms with Gasteiger partial charge in [0.25, 0.3) is 5.56 Å². The number of pyridine rings is 1. The van der Waals surface area contributed by atoms with Gasteiger partial charge >= 0.3 is 5.97 Å². The normalized spacial score (nSPS) is 11.4. The molecule has 0 aliphatic carbocycles. The van der Waals surface area contributed by atoms with E-state index in [0.29, 0.717) is 39.4 Å². The van der Waals surface area contributed by atoms with Crippen molar-refractivity contribution in [2.75, 3.05) is 13.7 Å². The Morgan fingerprint density at radius 2 is 2.07 bits per heavy atom. The molecule has 1 heterocycles. The summed E-state index contributed by atoms with van der Waals surface area (Å²) < 4.78 is 16.5. The Morgan fingerprint density at radius 1 is 1.37 bits per heavy atom. The van der Waals surface area contributed by atoms with Crippen molar-refractivity contribution in [3.63, 3.8) is 0 Å². The summed E-state index contributed by atoms with van der Waals surface area (Å²) in [6.45, 7) is 5.47. The maximum atomic E-state index is 12.1. The molecule has 27 heavy (non-hydrogen) atoms. The van der Waals surface area contributed by atoms with Gasteiger partial charge in [-0.25, -0.2) is 4.79 Å². The summed E-state index contributed by atoms with van der Waals surface area (Å²) in [5.74, 6) is 0.184. The number of esters is 1. The second-order valence-electron chi connectivity index (χ2n) is 5.68.